The first-order valence-electron chi connectivity index (χ1n) is 5.51. The number of hydrogen-bond donors (Lipinski definition) is 0. The van der Waals surface area contributed by atoms with Crippen LogP contribution in [0.1, 0.15) is 17.0 Å². The highest BCUT2D eigenvalue weighted by Gasteiger charge is 2.16. The minimum atomic E-state index is -0.425. The maximum atomic E-state index is 11.3. The highest BCUT2D eigenvalue weighted by Crippen LogP contribution is 2.33. The molecule has 1 aliphatic rings. The monoisotopic (exact) mass is 226 g/mol. The predicted octanol–water partition coefficient (Wildman–Crippen LogP) is 3.30. The van der Waals surface area contributed by atoms with E-state index in [-0.39, 0.29) is 5.92 Å². The van der Waals surface area contributed by atoms with Crippen LogP contribution in [-0.2, 0) is 4.79 Å². The molecule has 2 nitrogen and oxygen atoms in total. The van der Waals surface area contributed by atoms with Crippen molar-refractivity contribution in [3.8, 4) is 5.75 Å². The molecule has 0 amide bonds. The molecule has 1 aliphatic carbocycles. The average Bonchev–Trinajstić information content (AvgIpc) is 2.85. The normalized spacial score (nSPS) is 13.9. The smallest absolute Gasteiger partial charge is 0.335 e. The van der Waals surface area contributed by atoms with E-state index < -0.39 is 5.97 Å². The summed E-state index contributed by atoms with van der Waals surface area (Å²) in [6.07, 6.45) is 9.30. The maximum Gasteiger partial charge on any atom is 0.335 e. The Labute approximate surface area is 101 Å². The van der Waals surface area contributed by atoms with Gasteiger partial charge in [-0.3, -0.25) is 0 Å². The predicted molar refractivity (Wildman–Crippen MR) is 68.0 cm³/mol. The molecule has 0 heterocycles. The summed E-state index contributed by atoms with van der Waals surface area (Å²) < 4.78 is 5.31. The summed E-state index contributed by atoms with van der Waals surface area (Å²) in [7, 11) is 0. The first kappa shape index (κ1) is 11.4. The second kappa shape index (κ2) is 4.83. The topological polar surface area (TPSA) is 26.3 Å². The number of allylic oxidation sites excluding steroid dienone is 4. The Balaban J connectivity index is 2.40. The highest BCUT2D eigenvalue weighted by molar-refractivity contribution is 5.84. The summed E-state index contributed by atoms with van der Waals surface area (Å²) in [6.45, 7) is 5.34. The molecular weight excluding hydrogens is 212 g/mol. The minimum absolute atomic E-state index is 0.183. The summed E-state index contributed by atoms with van der Waals surface area (Å²) in [5.74, 6) is 0.396. The van der Waals surface area contributed by atoms with Crippen LogP contribution < -0.4 is 4.74 Å². The van der Waals surface area contributed by atoms with Gasteiger partial charge in [0.05, 0.1) is 0 Å². The second-order valence-electron chi connectivity index (χ2n) is 3.91. The summed E-state index contributed by atoms with van der Waals surface area (Å²) in [5, 5.41) is 0. The van der Waals surface area contributed by atoms with Crippen LogP contribution in [-0.4, -0.2) is 5.97 Å². The fourth-order valence-corrected chi connectivity index (χ4v) is 1.86. The van der Waals surface area contributed by atoms with E-state index in [9.17, 15) is 4.79 Å². The maximum absolute atomic E-state index is 11.3. The summed E-state index contributed by atoms with van der Waals surface area (Å²) in [5.41, 5.74) is 1.96. The molecule has 0 saturated heterocycles. The molecule has 0 bridgehead atoms. The van der Waals surface area contributed by atoms with Crippen LogP contribution in [0.4, 0.5) is 0 Å². The largest absolute Gasteiger partial charge is 0.423 e. The number of esters is 1. The van der Waals surface area contributed by atoms with E-state index in [2.05, 4.69) is 18.7 Å². The molecule has 0 spiro atoms. The first-order chi connectivity index (χ1) is 8.22. The van der Waals surface area contributed by atoms with Crippen molar-refractivity contribution in [1.29, 1.82) is 0 Å². The Morgan fingerprint density at radius 3 is 2.71 bits per heavy atom. The van der Waals surface area contributed by atoms with E-state index in [1.807, 2.05) is 37.3 Å². The zero-order valence-corrected chi connectivity index (χ0v) is 9.72. The van der Waals surface area contributed by atoms with Gasteiger partial charge >= 0.3 is 5.97 Å². The summed E-state index contributed by atoms with van der Waals surface area (Å²) in [4.78, 5) is 11.3. The Morgan fingerprint density at radius 1 is 1.35 bits per heavy atom. The van der Waals surface area contributed by atoms with Crippen molar-refractivity contribution in [3.05, 3.63) is 66.3 Å². The van der Waals surface area contributed by atoms with Gasteiger partial charge in [-0.15, -0.1) is 0 Å². The molecule has 2 rings (SSSR count). The number of rotatable bonds is 3. The Hall–Kier alpha value is -2.09. The van der Waals surface area contributed by atoms with Crippen molar-refractivity contribution in [2.45, 2.75) is 12.8 Å². The third-order valence-corrected chi connectivity index (χ3v) is 2.72. The van der Waals surface area contributed by atoms with Gasteiger partial charge in [0.15, 0.2) is 0 Å². The molecule has 1 aromatic carbocycles. The minimum Gasteiger partial charge on any atom is -0.423 e. The van der Waals surface area contributed by atoms with Crippen molar-refractivity contribution in [2.75, 3.05) is 0 Å². The van der Waals surface area contributed by atoms with Gasteiger partial charge in [0, 0.05) is 17.6 Å². The van der Waals surface area contributed by atoms with E-state index in [1.165, 1.54) is 6.08 Å². The Kier molecular flexibility index (Phi) is 3.24. The average molecular weight is 226 g/mol. The lowest BCUT2D eigenvalue weighted by molar-refractivity contribution is -0.129. The van der Waals surface area contributed by atoms with Crippen LogP contribution in [0.25, 0.3) is 0 Å². The molecule has 0 aromatic heterocycles. The van der Waals surface area contributed by atoms with E-state index in [0.717, 1.165) is 11.1 Å². The molecule has 2 heteroatoms. The van der Waals surface area contributed by atoms with Gasteiger partial charge in [-0.1, -0.05) is 49.1 Å². The van der Waals surface area contributed by atoms with Crippen molar-refractivity contribution >= 4 is 5.97 Å². The molecule has 0 saturated carbocycles. The van der Waals surface area contributed by atoms with Crippen molar-refractivity contribution < 1.29 is 9.53 Å². The Morgan fingerprint density at radius 2 is 2.06 bits per heavy atom. The lowest BCUT2D eigenvalue weighted by Crippen LogP contribution is -2.07. The van der Waals surface area contributed by atoms with Gasteiger partial charge < -0.3 is 4.74 Å². The van der Waals surface area contributed by atoms with Crippen molar-refractivity contribution in [1.82, 2.24) is 0 Å². The number of carbonyl (C=O) groups is 1. The lowest BCUT2D eigenvalue weighted by atomic mass is 9.97. The standard InChI is InChI=1S/C15H14O2/c1-3-14(16)17-15-11(2)7-6-10-13(15)12-8-4-5-9-12/h3-10,12H,1H2,2H3. The third kappa shape index (κ3) is 2.36. The number of benzene rings is 1. The number of aryl methyl sites for hydroxylation is 1. The van der Waals surface area contributed by atoms with Crippen LogP contribution in [0.3, 0.4) is 0 Å². The summed E-state index contributed by atoms with van der Waals surface area (Å²) in [6, 6.07) is 5.87. The van der Waals surface area contributed by atoms with Gasteiger partial charge in [0.25, 0.3) is 0 Å². The molecule has 0 unspecified atom stereocenters. The number of carbonyl (C=O) groups excluding carboxylic acids is 1. The van der Waals surface area contributed by atoms with E-state index in [1.54, 1.807) is 0 Å². The molecule has 1 aromatic rings. The van der Waals surface area contributed by atoms with Crippen LogP contribution in [0.2, 0.25) is 0 Å². The van der Waals surface area contributed by atoms with Gasteiger partial charge in [0.2, 0.25) is 0 Å². The second-order valence-corrected chi connectivity index (χ2v) is 3.91. The molecule has 86 valence electrons. The van der Waals surface area contributed by atoms with Crippen molar-refractivity contribution in [2.24, 2.45) is 0 Å². The SMILES string of the molecule is C=CC(=O)Oc1c(C)cccc1C1C=CC=C1. The van der Waals surface area contributed by atoms with E-state index in [4.69, 9.17) is 4.74 Å². The van der Waals surface area contributed by atoms with Crippen LogP contribution in [0, 0.1) is 6.92 Å². The van der Waals surface area contributed by atoms with Crippen LogP contribution in [0.15, 0.2) is 55.2 Å². The van der Waals surface area contributed by atoms with Crippen LogP contribution in [0.5, 0.6) is 5.75 Å². The third-order valence-electron chi connectivity index (χ3n) is 2.72. The molecule has 0 atom stereocenters. The van der Waals surface area contributed by atoms with Gasteiger partial charge in [-0.2, -0.15) is 0 Å². The quantitative estimate of drug-likeness (QED) is 0.449. The molecule has 0 aliphatic heterocycles. The zero-order chi connectivity index (χ0) is 12.3. The molecule has 0 N–H and O–H groups in total. The van der Waals surface area contributed by atoms with E-state index >= 15 is 0 Å². The number of hydrogen-bond acceptors (Lipinski definition) is 2. The number of ether oxygens (including phenoxy) is 1. The number of para-hydroxylation sites is 1. The lowest BCUT2D eigenvalue weighted by Gasteiger charge is -2.14. The highest BCUT2D eigenvalue weighted by atomic mass is 16.5. The van der Waals surface area contributed by atoms with Gasteiger partial charge in [0.1, 0.15) is 5.75 Å². The molecule has 0 radical (unpaired) electrons. The molecular formula is C15H14O2. The molecule has 0 fully saturated rings. The van der Waals surface area contributed by atoms with Gasteiger partial charge in [-0.25, -0.2) is 4.79 Å². The van der Waals surface area contributed by atoms with Crippen molar-refractivity contribution in [3.63, 3.8) is 0 Å². The fraction of sp³-hybridized carbons (Fsp3) is 0.133. The zero-order valence-electron chi connectivity index (χ0n) is 9.72. The van der Waals surface area contributed by atoms with Crippen LogP contribution >= 0.6 is 0 Å². The van der Waals surface area contributed by atoms with Gasteiger partial charge in [-0.05, 0) is 12.5 Å². The fourth-order valence-electron chi connectivity index (χ4n) is 1.86. The van der Waals surface area contributed by atoms with E-state index in [0.29, 0.717) is 5.75 Å². The molecule has 17 heavy (non-hydrogen) atoms. The first-order valence-corrected chi connectivity index (χ1v) is 5.51. The summed E-state index contributed by atoms with van der Waals surface area (Å²) >= 11 is 0. The Bertz CT molecular complexity index is 498.